The predicted molar refractivity (Wildman–Crippen MR) is 143 cm³/mol. The highest BCUT2D eigenvalue weighted by Gasteiger charge is 2.57. The summed E-state index contributed by atoms with van der Waals surface area (Å²) in [6, 6.07) is 34.2. The van der Waals surface area contributed by atoms with Gasteiger partial charge in [0.25, 0.3) is 0 Å². The van der Waals surface area contributed by atoms with Crippen molar-refractivity contribution >= 4 is 11.4 Å². The zero-order chi connectivity index (χ0) is 22.9. The van der Waals surface area contributed by atoms with E-state index < -0.39 is 0 Å². The number of fused-ring (bicyclic) bond motifs is 6. The van der Waals surface area contributed by atoms with E-state index in [2.05, 4.69) is 110 Å². The third-order valence-corrected chi connectivity index (χ3v) is 9.25. The van der Waals surface area contributed by atoms with Gasteiger partial charge in [0.1, 0.15) is 0 Å². The molecule has 34 heavy (non-hydrogen) atoms. The van der Waals surface area contributed by atoms with E-state index in [-0.39, 0.29) is 11.0 Å². The van der Waals surface area contributed by atoms with Crippen LogP contribution in [0.5, 0.6) is 0 Å². The number of para-hydroxylation sites is 1. The van der Waals surface area contributed by atoms with Crippen LogP contribution in [0, 0.1) is 0 Å². The van der Waals surface area contributed by atoms with E-state index in [0.29, 0.717) is 0 Å². The van der Waals surface area contributed by atoms with Crippen molar-refractivity contribution < 1.29 is 0 Å². The summed E-state index contributed by atoms with van der Waals surface area (Å²) in [6.07, 6.45) is 6.15. The average molecular weight is 442 g/mol. The maximum Gasteiger partial charge on any atom is 0.0517 e. The molecule has 4 aromatic carbocycles. The number of rotatable bonds is 2. The molecule has 1 saturated carbocycles. The van der Waals surface area contributed by atoms with Crippen LogP contribution in [-0.2, 0) is 11.8 Å². The van der Waals surface area contributed by atoms with Gasteiger partial charge in [0.15, 0.2) is 0 Å². The molecular formula is C33H31N. The molecule has 2 atom stereocenters. The van der Waals surface area contributed by atoms with Crippen LogP contribution >= 0.6 is 0 Å². The van der Waals surface area contributed by atoms with E-state index in [9.17, 15) is 0 Å². The highest BCUT2D eigenvalue weighted by Crippen LogP contribution is 2.61. The molecule has 2 aliphatic carbocycles. The third-order valence-electron chi connectivity index (χ3n) is 9.25. The van der Waals surface area contributed by atoms with Crippen LogP contribution in [0.25, 0.3) is 22.3 Å². The van der Waals surface area contributed by atoms with Gasteiger partial charge >= 0.3 is 0 Å². The lowest BCUT2D eigenvalue weighted by Crippen LogP contribution is -2.54. The Labute approximate surface area is 203 Å². The molecule has 0 radical (unpaired) electrons. The van der Waals surface area contributed by atoms with Crippen LogP contribution in [0.2, 0.25) is 0 Å². The van der Waals surface area contributed by atoms with Gasteiger partial charge in [0, 0.05) is 16.8 Å². The second-order valence-electron chi connectivity index (χ2n) is 10.9. The van der Waals surface area contributed by atoms with E-state index in [1.54, 1.807) is 0 Å². The first-order valence-electron chi connectivity index (χ1n) is 12.8. The lowest BCUT2D eigenvalue weighted by atomic mass is 9.61. The van der Waals surface area contributed by atoms with Crippen LogP contribution in [0.1, 0.15) is 56.2 Å². The van der Waals surface area contributed by atoms with Gasteiger partial charge in [-0.3, -0.25) is 0 Å². The van der Waals surface area contributed by atoms with Crippen molar-refractivity contribution in [1.29, 1.82) is 0 Å². The molecule has 1 aliphatic heterocycles. The van der Waals surface area contributed by atoms with E-state index in [1.807, 2.05) is 0 Å². The third kappa shape index (κ3) is 2.61. The van der Waals surface area contributed by atoms with Crippen molar-refractivity contribution in [3.05, 3.63) is 108 Å². The van der Waals surface area contributed by atoms with Gasteiger partial charge in [0.2, 0.25) is 0 Å². The van der Waals surface area contributed by atoms with Crippen LogP contribution < -0.4 is 4.90 Å². The second-order valence-corrected chi connectivity index (χ2v) is 10.9. The zero-order valence-corrected chi connectivity index (χ0v) is 20.1. The minimum Gasteiger partial charge on any atom is -0.334 e. The quantitative estimate of drug-likeness (QED) is 0.265. The molecule has 7 rings (SSSR count). The minimum atomic E-state index is 0.104. The Bertz CT molecular complexity index is 1420. The lowest BCUT2D eigenvalue weighted by molar-refractivity contribution is 0.195. The number of hydrogen-bond donors (Lipinski definition) is 0. The number of nitrogens with zero attached hydrogens (tertiary/aromatic N) is 1. The number of benzene rings is 4. The van der Waals surface area contributed by atoms with E-state index in [4.69, 9.17) is 0 Å². The molecule has 1 fully saturated rings. The van der Waals surface area contributed by atoms with Crippen molar-refractivity contribution in [1.82, 2.24) is 0 Å². The molecule has 0 spiro atoms. The number of anilines is 2. The number of hydrogen-bond acceptors (Lipinski definition) is 1. The molecule has 0 bridgehead atoms. The molecule has 0 saturated heterocycles. The summed E-state index contributed by atoms with van der Waals surface area (Å²) in [4.78, 5) is 2.66. The molecule has 2 unspecified atom stereocenters. The molecule has 168 valence electrons. The van der Waals surface area contributed by atoms with Crippen LogP contribution in [0.15, 0.2) is 91.0 Å². The van der Waals surface area contributed by atoms with Crippen molar-refractivity contribution in [2.24, 2.45) is 0 Å². The van der Waals surface area contributed by atoms with Crippen molar-refractivity contribution in [3.63, 3.8) is 0 Å². The van der Waals surface area contributed by atoms with Gasteiger partial charge in [-0.15, -0.1) is 0 Å². The topological polar surface area (TPSA) is 3.24 Å². The minimum absolute atomic E-state index is 0.104. The van der Waals surface area contributed by atoms with Crippen molar-refractivity contribution in [2.75, 3.05) is 4.90 Å². The fourth-order valence-corrected chi connectivity index (χ4v) is 7.22. The summed E-state index contributed by atoms with van der Waals surface area (Å²) >= 11 is 0. The summed E-state index contributed by atoms with van der Waals surface area (Å²) in [5.41, 5.74) is 12.9. The molecule has 0 N–H and O–H groups in total. The first-order valence-corrected chi connectivity index (χ1v) is 12.8. The first kappa shape index (κ1) is 20.1. The van der Waals surface area contributed by atoms with Crippen LogP contribution in [0.3, 0.4) is 0 Å². The van der Waals surface area contributed by atoms with E-state index in [1.165, 1.54) is 76.0 Å². The Balaban J connectivity index is 1.36. The maximum absolute atomic E-state index is 2.66. The van der Waals surface area contributed by atoms with Crippen molar-refractivity contribution in [2.45, 2.75) is 56.9 Å². The molecule has 0 amide bonds. The second kappa shape index (κ2) is 7.09. The predicted octanol–water partition coefficient (Wildman–Crippen LogP) is 8.67. The highest BCUT2D eigenvalue weighted by molar-refractivity contribution is 5.83. The molecule has 1 heterocycles. The Morgan fingerprint density at radius 1 is 0.647 bits per heavy atom. The standard InChI is InChI=1S/C33H31N/c1-32-18-8-9-19-33(32,2)34(27-11-4-3-5-12-27)31-17-15-24(22-30(31)32)23-14-16-29-26(20-23)21-25-10-6-7-13-28(25)29/h3-7,10-17,20,22H,8-9,18-19,21H2,1-2H3. The largest absolute Gasteiger partial charge is 0.334 e. The average Bonchev–Trinajstić information content (AvgIpc) is 3.34. The molecule has 1 heteroatoms. The summed E-state index contributed by atoms with van der Waals surface area (Å²) in [5.74, 6) is 0. The van der Waals surface area contributed by atoms with Crippen molar-refractivity contribution in [3.8, 4) is 22.3 Å². The Kier molecular flexibility index (Phi) is 4.19. The summed E-state index contributed by atoms with van der Waals surface area (Å²) in [7, 11) is 0. The lowest BCUT2D eigenvalue weighted by Gasteiger charge is -2.50. The SMILES string of the molecule is CC12CCCCC1(C)N(c1ccccc1)c1ccc(-c3ccc4c(c3)Cc3ccccc3-4)cc12. The van der Waals surface area contributed by atoms with Crippen LogP contribution in [0.4, 0.5) is 11.4 Å². The van der Waals surface area contributed by atoms with Gasteiger partial charge in [-0.25, -0.2) is 0 Å². The molecule has 3 aliphatic rings. The highest BCUT2D eigenvalue weighted by atomic mass is 15.2. The summed E-state index contributed by atoms with van der Waals surface area (Å²) in [5, 5.41) is 0. The first-order chi connectivity index (χ1) is 16.6. The summed E-state index contributed by atoms with van der Waals surface area (Å²) < 4.78 is 0. The normalized spacial score (nSPS) is 24.4. The maximum atomic E-state index is 2.66. The molecule has 0 aromatic heterocycles. The Morgan fingerprint density at radius 3 is 2.24 bits per heavy atom. The monoisotopic (exact) mass is 441 g/mol. The van der Waals surface area contributed by atoms with Gasteiger partial charge < -0.3 is 4.90 Å². The smallest absolute Gasteiger partial charge is 0.0517 e. The summed E-state index contributed by atoms with van der Waals surface area (Å²) in [6.45, 7) is 5.03. The van der Waals surface area contributed by atoms with Crippen LogP contribution in [-0.4, -0.2) is 5.54 Å². The van der Waals surface area contributed by atoms with Gasteiger partial charge in [0.05, 0.1) is 5.54 Å². The fourth-order valence-electron chi connectivity index (χ4n) is 7.22. The fraction of sp³-hybridized carbons (Fsp3) is 0.273. The molecular weight excluding hydrogens is 410 g/mol. The van der Waals surface area contributed by atoms with Gasteiger partial charge in [-0.1, -0.05) is 86.5 Å². The zero-order valence-electron chi connectivity index (χ0n) is 20.1. The van der Waals surface area contributed by atoms with E-state index >= 15 is 0 Å². The molecule has 1 nitrogen and oxygen atoms in total. The van der Waals surface area contributed by atoms with E-state index in [0.717, 1.165) is 6.42 Å². The van der Waals surface area contributed by atoms with Gasteiger partial charge in [-0.05, 0) is 89.4 Å². The van der Waals surface area contributed by atoms with Gasteiger partial charge in [-0.2, -0.15) is 0 Å². The Morgan fingerprint density at radius 2 is 1.35 bits per heavy atom. The Hall–Kier alpha value is -3.32. The molecule has 4 aromatic rings.